The number of phenolic OH excluding ortho intramolecular Hbond substituents is 2. The van der Waals surface area contributed by atoms with Gasteiger partial charge in [0.2, 0.25) is 0 Å². The summed E-state index contributed by atoms with van der Waals surface area (Å²) < 4.78 is 44.6. The quantitative estimate of drug-likeness (QED) is 0.113. The van der Waals surface area contributed by atoms with E-state index in [0.29, 0.717) is 51.3 Å². The number of fused-ring (bicyclic) bond motifs is 2. The van der Waals surface area contributed by atoms with Crippen LogP contribution in [0.3, 0.4) is 0 Å². The Morgan fingerprint density at radius 2 is 0.808 bits per heavy atom. The van der Waals surface area contributed by atoms with Crippen LogP contribution in [0.15, 0.2) is 121 Å². The molecule has 0 spiro atoms. The first-order valence-corrected chi connectivity index (χ1v) is 25.6. The van der Waals surface area contributed by atoms with Crippen LogP contribution in [0.1, 0.15) is 125 Å². The Kier molecular flexibility index (Phi) is 14.3. The molecule has 0 aliphatic heterocycles. The van der Waals surface area contributed by atoms with Crippen LogP contribution < -0.4 is 9.47 Å². The first kappa shape index (κ1) is 52.5. The third kappa shape index (κ3) is 11.7. The van der Waals surface area contributed by atoms with E-state index in [1.54, 1.807) is 12.1 Å². The summed E-state index contributed by atoms with van der Waals surface area (Å²) in [4.78, 5) is 9.84. The molecule has 2 aromatic heterocycles. The monoisotopic (exact) mass is 983 g/mol. The number of halogens is 2. The maximum Gasteiger partial charge on any atom is 0.131 e. The maximum atomic E-state index is 15.6. The van der Waals surface area contributed by atoms with E-state index in [0.717, 1.165) is 68.3 Å². The molecule has 0 fully saturated rings. The highest BCUT2D eigenvalue weighted by Crippen LogP contribution is 2.50. The Hall–Kier alpha value is -6.80. The molecule has 2 N–H and O–H groups in total. The zero-order chi connectivity index (χ0) is 52.9. The largest absolute Gasteiger partial charge is 0.507 e. The molecule has 73 heavy (non-hydrogen) atoms. The second-order valence-electron chi connectivity index (χ2n) is 24.1. The van der Waals surface area contributed by atoms with Crippen LogP contribution in [0.25, 0.3) is 66.3 Å². The zero-order valence-electron chi connectivity index (χ0n) is 45.2. The molecule has 0 radical (unpaired) electrons. The number of aromatic hydroxyl groups is 2. The van der Waals surface area contributed by atoms with Crippen molar-refractivity contribution in [2.45, 2.75) is 139 Å². The van der Waals surface area contributed by atoms with Gasteiger partial charge in [-0.1, -0.05) is 118 Å². The van der Waals surface area contributed by atoms with Crippen molar-refractivity contribution in [1.82, 2.24) is 9.97 Å². The maximum absolute atomic E-state index is 15.6. The number of pyridine rings is 2. The summed E-state index contributed by atoms with van der Waals surface area (Å²) in [6.07, 6.45) is 1.12. The number of hydrogen-bond donors (Lipinski definition) is 2. The van der Waals surface area contributed by atoms with Gasteiger partial charge in [0.15, 0.2) is 0 Å². The number of benzene rings is 6. The standard InChI is InChI=1S/C65H72F2N2O4/c1-38-21-23-42-17-15-19-48(58(42)68-38)52-30-44(64(11,12)36-62(5,6)7)32-54(60(52)70)50-34-46(66)25-27-56(50)72-40(3)29-41(4)73-57-28-26-47(67)35-51(57)55-33-45(65(13,14)37-63(8,9)10)31-53(61(55)71)49-20-16-18-43-24-22-39(2)69-59(43)49/h15-28,30-35,40-41,70-71H,29,36-37H2,1-14H3/t40-,41+. The van der Waals surface area contributed by atoms with E-state index in [9.17, 15) is 10.2 Å². The van der Waals surface area contributed by atoms with Crippen molar-refractivity contribution in [3.05, 3.63) is 155 Å². The third-order valence-electron chi connectivity index (χ3n) is 13.8. The zero-order valence-corrected chi connectivity index (χ0v) is 45.2. The molecule has 6 nitrogen and oxygen atoms in total. The van der Waals surface area contributed by atoms with Gasteiger partial charge in [0.05, 0.1) is 23.2 Å². The van der Waals surface area contributed by atoms with Crippen LogP contribution in [0, 0.1) is 36.3 Å². The van der Waals surface area contributed by atoms with Crippen molar-refractivity contribution in [2.75, 3.05) is 0 Å². The highest BCUT2D eigenvalue weighted by atomic mass is 19.1. The van der Waals surface area contributed by atoms with E-state index in [-0.39, 0.29) is 33.2 Å². The number of phenols is 2. The van der Waals surface area contributed by atoms with Gasteiger partial charge >= 0.3 is 0 Å². The van der Waals surface area contributed by atoms with Crippen molar-refractivity contribution in [3.63, 3.8) is 0 Å². The molecular formula is C65H72F2N2O4. The molecule has 0 unspecified atom stereocenters. The number of aromatic nitrogens is 2. The van der Waals surface area contributed by atoms with Gasteiger partial charge in [-0.25, -0.2) is 8.78 Å². The summed E-state index contributed by atoms with van der Waals surface area (Å²) in [7, 11) is 0. The second-order valence-corrected chi connectivity index (χ2v) is 24.1. The SMILES string of the molecule is Cc1ccc2cccc(-c3cc(C(C)(C)CC(C)(C)C)cc(-c4cc(F)ccc4O[C@H](C)C[C@H](C)Oc4ccc(F)cc4-c4cc(C(C)(C)CC(C)(C)C)cc(-c5cccc6ccc(C)nc56)c4O)c3O)c2n1. The predicted molar refractivity (Wildman–Crippen MR) is 297 cm³/mol. The summed E-state index contributed by atoms with van der Waals surface area (Å²) in [6.45, 7) is 29.9. The van der Waals surface area contributed by atoms with E-state index in [1.807, 2.05) is 100 Å². The van der Waals surface area contributed by atoms with Gasteiger partial charge in [0.1, 0.15) is 34.6 Å². The van der Waals surface area contributed by atoms with E-state index in [4.69, 9.17) is 19.4 Å². The fourth-order valence-electron chi connectivity index (χ4n) is 11.3. The average molecular weight is 983 g/mol. The Morgan fingerprint density at radius 1 is 0.452 bits per heavy atom. The molecule has 0 amide bonds. The van der Waals surface area contributed by atoms with Gasteiger partial charge < -0.3 is 19.7 Å². The number of nitrogens with zero attached hydrogens (tertiary/aromatic N) is 2. The minimum Gasteiger partial charge on any atom is -0.507 e. The highest BCUT2D eigenvalue weighted by Gasteiger charge is 2.33. The fraction of sp³-hybridized carbons (Fsp3) is 0.354. The Balaban J connectivity index is 1.16. The summed E-state index contributed by atoms with van der Waals surface area (Å²) >= 11 is 0. The molecule has 8 aromatic rings. The normalized spacial score (nSPS) is 13.4. The highest BCUT2D eigenvalue weighted by molar-refractivity contribution is 5.99. The van der Waals surface area contributed by atoms with Crippen LogP contribution in [-0.2, 0) is 10.8 Å². The summed E-state index contributed by atoms with van der Waals surface area (Å²) in [5.41, 5.74) is 8.98. The van der Waals surface area contributed by atoms with Gasteiger partial charge in [0.25, 0.3) is 0 Å². The van der Waals surface area contributed by atoms with Crippen LogP contribution in [0.2, 0.25) is 0 Å². The van der Waals surface area contributed by atoms with Crippen LogP contribution in [0.4, 0.5) is 8.78 Å². The minimum absolute atomic E-state index is 0.00106. The van der Waals surface area contributed by atoms with E-state index < -0.39 is 23.8 Å². The van der Waals surface area contributed by atoms with E-state index >= 15 is 8.78 Å². The van der Waals surface area contributed by atoms with Crippen LogP contribution in [0.5, 0.6) is 23.0 Å². The van der Waals surface area contributed by atoms with E-state index in [2.05, 4.69) is 81.4 Å². The number of ether oxygens (including phenoxy) is 2. The van der Waals surface area contributed by atoms with Crippen LogP contribution >= 0.6 is 0 Å². The number of aryl methyl sites for hydroxylation is 2. The number of rotatable bonds is 14. The minimum atomic E-state index is -0.473. The first-order valence-electron chi connectivity index (χ1n) is 25.6. The molecule has 6 aromatic carbocycles. The summed E-state index contributed by atoms with van der Waals surface area (Å²) in [5.74, 6) is -0.150. The molecule has 0 bridgehead atoms. The third-order valence-corrected chi connectivity index (χ3v) is 13.8. The molecule has 2 atom stereocenters. The van der Waals surface area contributed by atoms with Crippen molar-refractivity contribution in [1.29, 1.82) is 0 Å². The topological polar surface area (TPSA) is 84.7 Å². The first-order chi connectivity index (χ1) is 34.2. The smallest absolute Gasteiger partial charge is 0.131 e. The van der Waals surface area contributed by atoms with E-state index in [1.165, 1.54) is 24.3 Å². The molecule has 0 saturated carbocycles. The lowest BCUT2D eigenvalue weighted by Gasteiger charge is -2.34. The molecule has 0 saturated heterocycles. The Labute approximate surface area is 431 Å². The molecule has 380 valence electrons. The lowest BCUT2D eigenvalue weighted by Crippen LogP contribution is -2.25. The van der Waals surface area contributed by atoms with Gasteiger partial charge in [-0.2, -0.15) is 0 Å². The molecule has 0 aliphatic rings. The van der Waals surface area contributed by atoms with Crippen molar-refractivity contribution in [2.24, 2.45) is 10.8 Å². The summed E-state index contributed by atoms with van der Waals surface area (Å²) in [6, 6.07) is 36.8. The average Bonchev–Trinajstić information content (AvgIpc) is 3.28. The molecular weight excluding hydrogens is 911 g/mol. The molecule has 8 rings (SSSR count). The fourth-order valence-corrected chi connectivity index (χ4v) is 11.3. The molecule has 0 aliphatic carbocycles. The Bertz CT molecular complexity index is 3140. The number of hydrogen-bond acceptors (Lipinski definition) is 6. The van der Waals surface area contributed by atoms with Crippen molar-refractivity contribution in [3.8, 4) is 67.5 Å². The van der Waals surface area contributed by atoms with Gasteiger partial charge in [-0.3, -0.25) is 9.97 Å². The number of para-hydroxylation sites is 2. The Morgan fingerprint density at radius 3 is 1.16 bits per heavy atom. The lowest BCUT2D eigenvalue weighted by atomic mass is 9.71. The molecule has 2 heterocycles. The second kappa shape index (κ2) is 19.9. The van der Waals surface area contributed by atoms with Crippen molar-refractivity contribution >= 4 is 21.8 Å². The van der Waals surface area contributed by atoms with Crippen LogP contribution in [-0.4, -0.2) is 32.4 Å². The molecule has 8 heteroatoms. The summed E-state index contributed by atoms with van der Waals surface area (Å²) in [5, 5.41) is 26.8. The van der Waals surface area contributed by atoms with Gasteiger partial charge in [0, 0.05) is 73.1 Å². The lowest BCUT2D eigenvalue weighted by molar-refractivity contribution is 0.131. The van der Waals surface area contributed by atoms with Gasteiger partial charge in [-0.05, 0) is 146 Å². The predicted octanol–water partition coefficient (Wildman–Crippen LogP) is 17.8. The van der Waals surface area contributed by atoms with Gasteiger partial charge in [-0.15, -0.1) is 0 Å². The van der Waals surface area contributed by atoms with Crippen molar-refractivity contribution < 1.29 is 28.5 Å².